The Hall–Kier alpha value is -1.09. The van der Waals surface area contributed by atoms with Gasteiger partial charge in [0.2, 0.25) is 0 Å². The van der Waals surface area contributed by atoms with Gasteiger partial charge in [-0.3, -0.25) is 0 Å². The molecule has 0 amide bonds. The minimum Gasteiger partial charge on any atom is -0.394 e. The second-order valence-corrected chi connectivity index (χ2v) is 2.44. The van der Waals surface area contributed by atoms with Gasteiger partial charge in [0.15, 0.2) is 0 Å². The highest BCUT2D eigenvalue weighted by molar-refractivity contribution is 5.33. The Morgan fingerprint density at radius 2 is 2.45 bits per heavy atom. The Balaban J connectivity index is 2.51. The number of pyridine rings is 1. The first-order valence-corrected chi connectivity index (χ1v) is 3.61. The largest absolute Gasteiger partial charge is 0.394 e. The van der Waals surface area contributed by atoms with Gasteiger partial charge in [0, 0.05) is 12.2 Å². The van der Waals surface area contributed by atoms with E-state index in [1.54, 1.807) is 6.20 Å². The number of nitrogens with zero attached hydrogens (tertiary/aromatic N) is 1. The molecule has 0 saturated carbocycles. The van der Waals surface area contributed by atoms with Crippen LogP contribution in [0.4, 0.5) is 5.82 Å². The number of aliphatic hydroxyl groups excluding tert-OH is 1. The van der Waals surface area contributed by atoms with Gasteiger partial charge in [-0.1, -0.05) is 6.07 Å². The van der Waals surface area contributed by atoms with Gasteiger partial charge in [-0.05, 0) is 19.1 Å². The van der Waals surface area contributed by atoms with E-state index in [0.29, 0.717) is 0 Å². The lowest BCUT2D eigenvalue weighted by Gasteiger charge is -2.10. The van der Waals surface area contributed by atoms with Gasteiger partial charge in [0.1, 0.15) is 5.82 Å². The van der Waals surface area contributed by atoms with Crippen molar-refractivity contribution in [2.24, 2.45) is 0 Å². The molecule has 1 heterocycles. The molecule has 0 aliphatic carbocycles. The lowest BCUT2D eigenvalue weighted by molar-refractivity contribution is 0.281. The van der Waals surface area contributed by atoms with E-state index in [9.17, 15) is 0 Å². The van der Waals surface area contributed by atoms with Crippen molar-refractivity contribution in [3.8, 4) is 0 Å². The third-order valence-corrected chi connectivity index (χ3v) is 1.33. The van der Waals surface area contributed by atoms with Crippen molar-refractivity contribution in [1.82, 2.24) is 4.98 Å². The maximum Gasteiger partial charge on any atom is 0.126 e. The fourth-order valence-electron chi connectivity index (χ4n) is 0.746. The number of rotatable bonds is 3. The van der Waals surface area contributed by atoms with Crippen molar-refractivity contribution in [3.05, 3.63) is 24.4 Å². The zero-order valence-electron chi connectivity index (χ0n) is 6.49. The molecule has 1 rings (SSSR count). The number of nitrogens with one attached hydrogen (secondary N) is 1. The predicted molar refractivity (Wildman–Crippen MR) is 44.4 cm³/mol. The standard InChI is InChI=1S/C8H12N2O/c1-7(6-11)10-8-4-2-3-5-9-8/h2-5,7,11H,6H2,1H3,(H,9,10). The third-order valence-electron chi connectivity index (χ3n) is 1.33. The average Bonchev–Trinajstić information content (AvgIpc) is 2.06. The van der Waals surface area contributed by atoms with E-state index < -0.39 is 0 Å². The van der Waals surface area contributed by atoms with Crippen LogP contribution < -0.4 is 5.32 Å². The van der Waals surface area contributed by atoms with Crippen LogP contribution in [-0.4, -0.2) is 22.7 Å². The van der Waals surface area contributed by atoms with Crippen molar-refractivity contribution in [2.45, 2.75) is 13.0 Å². The van der Waals surface area contributed by atoms with Crippen molar-refractivity contribution in [1.29, 1.82) is 0 Å². The second kappa shape index (κ2) is 3.93. The summed E-state index contributed by atoms with van der Waals surface area (Å²) in [5.74, 6) is 0.800. The quantitative estimate of drug-likeness (QED) is 0.675. The Morgan fingerprint density at radius 1 is 1.64 bits per heavy atom. The zero-order chi connectivity index (χ0) is 8.10. The van der Waals surface area contributed by atoms with Gasteiger partial charge in [0.25, 0.3) is 0 Å². The third kappa shape index (κ3) is 2.55. The van der Waals surface area contributed by atoms with Gasteiger partial charge < -0.3 is 10.4 Å². The van der Waals surface area contributed by atoms with Crippen molar-refractivity contribution >= 4 is 5.82 Å². The molecule has 3 nitrogen and oxygen atoms in total. The number of aromatic nitrogens is 1. The highest BCUT2D eigenvalue weighted by atomic mass is 16.3. The summed E-state index contributed by atoms with van der Waals surface area (Å²) in [4.78, 5) is 4.04. The van der Waals surface area contributed by atoms with E-state index >= 15 is 0 Å². The molecule has 0 aliphatic heterocycles. The maximum atomic E-state index is 8.71. The molecule has 3 heteroatoms. The molecule has 60 valence electrons. The fraction of sp³-hybridized carbons (Fsp3) is 0.375. The van der Waals surface area contributed by atoms with Crippen LogP contribution in [-0.2, 0) is 0 Å². The first-order chi connectivity index (χ1) is 5.33. The molecule has 0 radical (unpaired) electrons. The topological polar surface area (TPSA) is 45.1 Å². The first kappa shape index (κ1) is 8.01. The molecular formula is C8H12N2O. The summed E-state index contributed by atoms with van der Waals surface area (Å²) in [6, 6.07) is 5.69. The van der Waals surface area contributed by atoms with Crippen LogP contribution in [0.15, 0.2) is 24.4 Å². The molecule has 0 saturated heterocycles. The normalized spacial score (nSPS) is 12.5. The van der Waals surface area contributed by atoms with Crippen LogP contribution >= 0.6 is 0 Å². The van der Waals surface area contributed by atoms with Crippen LogP contribution in [0.25, 0.3) is 0 Å². The summed E-state index contributed by atoms with van der Waals surface area (Å²) in [5.41, 5.74) is 0. The minimum absolute atomic E-state index is 0.0601. The molecule has 0 bridgehead atoms. The number of hydrogen-bond donors (Lipinski definition) is 2. The monoisotopic (exact) mass is 152 g/mol. The lowest BCUT2D eigenvalue weighted by atomic mass is 10.3. The highest BCUT2D eigenvalue weighted by Gasteiger charge is 1.97. The first-order valence-electron chi connectivity index (χ1n) is 3.61. The Morgan fingerprint density at radius 3 is 3.00 bits per heavy atom. The van der Waals surface area contributed by atoms with Gasteiger partial charge in [-0.25, -0.2) is 4.98 Å². The van der Waals surface area contributed by atoms with Gasteiger partial charge >= 0.3 is 0 Å². The van der Waals surface area contributed by atoms with E-state index in [-0.39, 0.29) is 12.6 Å². The molecular weight excluding hydrogens is 140 g/mol. The van der Waals surface area contributed by atoms with Crippen LogP contribution in [0, 0.1) is 0 Å². The number of aliphatic hydroxyl groups is 1. The average molecular weight is 152 g/mol. The molecule has 0 aromatic carbocycles. The summed E-state index contributed by atoms with van der Waals surface area (Å²) >= 11 is 0. The molecule has 0 spiro atoms. The molecule has 1 aromatic heterocycles. The molecule has 1 atom stereocenters. The van der Waals surface area contributed by atoms with Gasteiger partial charge in [-0.2, -0.15) is 0 Å². The number of anilines is 1. The Labute approximate surface area is 66.1 Å². The van der Waals surface area contributed by atoms with E-state index in [1.807, 2.05) is 25.1 Å². The minimum atomic E-state index is 0.0601. The molecule has 1 aromatic rings. The molecule has 0 fully saturated rings. The lowest BCUT2D eigenvalue weighted by Crippen LogP contribution is -2.19. The van der Waals surface area contributed by atoms with Crippen molar-refractivity contribution in [2.75, 3.05) is 11.9 Å². The van der Waals surface area contributed by atoms with E-state index in [1.165, 1.54) is 0 Å². The summed E-state index contributed by atoms with van der Waals surface area (Å²) in [7, 11) is 0. The second-order valence-electron chi connectivity index (χ2n) is 2.44. The Kier molecular flexibility index (Phi) is 2.86. The van der Waals surface area contributed by atoms with Gasteiger partial charge in [-0.15, -0.1) is 0 Å². The van der Waals surface area contributed by atoms with E-state index in [4.69, 9.17) is 5.11 Å². The van der Waals surface area contributed by atoms with E-state index in [0.717, 1.165) is 5.82 Å². The summed E-state index contributed by atoms with van der Waals surface area (Å²) in [6.45, 7) is 2.02. The zero-order valence-corrected chi connectivity index (χ0v) is 6.49. The summed E-state index contributed by atoms with van der Waals surface area (Å²) in [6.07, 6.45) is 1.71. The smallest absolute Gasteiger partial charge is 0.126 e. The van der Waals surface area contributed by atoms with Crippen LogP contribution in [0.2, 0.25) is 0 Å². The summed E-state index contributed by atoms with van der Waals surface area (Å²) in [5, 5.41) is 11.7. The predicted octanol–water partition coefficient (Wildman–Crippen LogP) is 0.874. The summed E-state index contributed by atoms with van der Waals surface area (Å²) < 4.78 is 0. The molecule has 1 unspecified atom stereocenters. The van der Waals surface area contributed by atoms with Crippen molar-refractivity contribution < 1.29 is 5.11 Å². The molecule has 2 N–H and O–H groups in total. The van der Waals surface area contributed by atoms with Crippen LogP contribution in [0.3, 0.4) is 0 Å². The Bertz CT molecular complexity index is 201. The van der Waals surface area contributed by atoms with Crippen LogP contribution in [0.1, 0.15) is 6.92 Å². The molecule has 0 aliphatic rings. The fourth-order valence-corrected chi connectivity index (χ4v) is 0.746. The van der Waals surface area contributed by atoms with Crippen molar-refractivity contribution in [3.63, 3.8) is 0 Å². The maximum absolute atomic E-state index is 8.71. The van der Waals surface area contributed by atoms with E-state index in [2.05, 4.69) is 10.3 Å². The van der Waals surface area contributed by atoms with Gasteiger partial charge in [0.05, 0.1) is 6.61 Å². The molecule has 11 heavy (non-hydrogen) atoms. The number of hydrogen-bond acceptors (Lipinski definition) is 3. The van der Waals surface area contributed by atoms with Crippen LogP contribution in [0.5, 0.6) is 0 Å². The highest BCUT2D eigenvalue weighted by Crippen LogP contribution is 2.01. The SMILES string of the molecule is CC(CO)Nc1ccccn1.